The van der Waals surface area contributed by atoms with Gasteiger partial charge >= 0.3 is 0 Å². The highest BCUT2D eigenvalue weighted by atomic mass is 16.5. The molecule has 4 unspecified atom stereocenters. The number of fused-ring (bicyclic) bond motifs is 1. The molecule has 2 N–H and O–H groups in total. The number of rotatable bonds is 7. The van der Waals surface area contributed by atoms with Gasteiger partial charge in [0.15, 0.2) is 5.96 Å². The average Bonchev–Trinajstić information content (AvgIpc) is 3.44. The third kappa shape index (κ3) is 4.17. The first-order valence-corrected chi connectivity index (χ1v) is 11.6. The van der Waals surface area contributed by atoms with Crippen LogP contribution in [0, 0.1) is 11.3 Å². The summed E-state index contributed by atoms with van der Waals surface area (Å²) in [4.78, 5) is 7.63. The molecule has 1 aliphatic carbocycles. The number of nitrogens with one attached hydrogen (secondary N) is 2. The molecular formula is C24H38N4O2. The van der Waals surface area contributed by atoms with Gasteiger partial charge in [-0.05, 0) is 57.0 Å². The predicted molar refractivity (Wildman–Crippen MR) is 121 cm³/mol. The van der Waals surface area contributed by atoms with Crippen molar-refractivity contribution in [2.45, 2.75) is 58.2 Å². The van der Waals surface area contributed by atoms with Crippen LogP contribution in [0.2, 0.25) is 0 Å². The van der Waals surface area contributed by atoms with Gasteiger partial charge in [-0.15, -0.1) is 0 Å². The predicted octanol–water partition coefficient (Wildman–Crippen LogP) is 3.20. The van der Waals surface area contributed by atoms with Gasteiger partial charge < -0.3 is 20.1 Å². The molecule has 6 nitrogen and oxygen atoms in total. The number of methoxy groups -OCH3 is 1. The Hall–Kier alpha value is -1.79. The molecule has 6 heteroatoms. The molecule has 2 aliphatic heterocycles. The maximum absolute atomic E-state index is 5.96. The van der Waals surface area contributed by atoms with Crippen LogP contribution in [0.4, 0.5) is 0 Å². The monoisotopic (exact) mass is 414 g/mol. The molecule has 166 valence electrons. The third-order valence-corrected chi connectivity index (χ3v) is 7.24. The Bertz CT molecular complexity index is 727. The molecule has 0 aromatic heterocycles. The molecule has 1 aromatic rings. The fraction of sp³-hybridized carbons (Fsp3) is 0.708. The zero-order valence-electron chi connectivity index (χ0n) is 19.0. The third-order valence-electron chi connectivity index (χ3n) is 7.24. The van der Waals surface area contributed by atoms with E-state index in [-0.39, 0.29) is 5.41 Å². The number of guanidine groups is 1. The van der Waals surface area contributed by atoms with Gasteiger partial charge in [-0.25, -0.2) is 0 Å². The number of hydrogen-bond donors (Lipinski definition) is 2. The molecule has 30 heavy (non-hydrogen) atoms. The van der Waals surface area contributed by atoms with Crippen molar-refractivity contribution >= 4 is 5.96 Å². The number of ether oxygens (including phenoxy) is 2. The Morgan fingerprint density at radius 2 is 2.00 bits per heavy atom. The number of nitrogens with zero attached hydrogens (tertiary/aromatic N) is 2. The molecular weight excluding hydrogens is 376 g/mol. The first kappa shape index (κ1) is 21.4. The van der Waals surface area contributed by atoms with Crippen molar-refractivity contribution < 1.29 is 9.47 Å². The van der Waals surface area contributed by atoms with Crippen molar-refractivity contribution in [1.29, 1.82) is 0 Å². The standard InChI is InChI=1S/C24H38N4O2/c1-5-25-23(27-21-19-12-15-30-22(19)24(21,2)3)26-16-20(28-13-6-7-14-28)17-8-10-18(29-4)11-9-17/h8-11,19-22H,5-7,12-16H2,1-4H3,(H2,25,26,27). The van der Waals surface area contributed by atoms with Crippen molar-refractivity contribution in [2.75, 3.05) is 39.9 Å². The summed E-state index contributed by atoms with van der Waals surface area (Å²) < 4.78 is 11.3. The fourth-order valence-corrected chi connectivity index (χ4v) is 5.57. The highest BCUT2D eigenvalue weighted by Crippen LogP contribution is 2.52. The Balaban J connectivity index is 1.49. The molecule has 3 fully saturated rings. The topological polar surface area (TPSA) is 58.1 Å². The fourth-order valence-electron chi connectivity index (χ4n) is 5.57. The molecule has 3 aliphatic rings. The van der Waals surface area contributed by atoms with Gasteiger partial charge in [-0.3, -0.25) is 9.89 Å². The van der Waals surface area contributed by atoms with Crippen LogP contribution in [0.5, 0.6) is 5.75 Å². The Kier molecular flexibility index (Phi) is 6.54. The van der Waals surface area contributed by atoms with Crippen molar-refractivity contribution in [3.8, 4) is 5.75 Å². The van der Waals surface area contributed by atoms with Crippen LogP contribution < -0.4 is 15.4 Å². The zero-order valence-corrected chi connectivity index (χ0v) is 19.0. The number of likely N-dealkylation sites (tertiary alicyclic amines) is 1. The van der Waals surface area contributed by atoms with E-state index in [1.165, 1.54) is 18.4 Å². The van der Waals surface area contributed by atoms with E-state index in [9.17, 15) is 0 Å². The number of aliphatic imine (C=N–C) groups is 1. The van der Waals surface area contributed by atoms with Gasteiger partial charge in [0.05, 0.1) is 25.8 Å². The summed E-state index contributed by atoms with van der Waals surface area (Å²) >= 11 is 0. The second kappa shape index (κ2) is 9.15. The van der Waals surface area contributed by atoms with Crippen LogP contribution >= 0.6 is 0 Å². The SMILES string of the molecule is CCNC(=NCC(c1ccc(OC)cc1)N1CCCC1)NC1C2CCOC2C1(C)C. The Morgan fingerprint density at radius 1 is 1.27 bits per heavy atom. The zero-order chi connectivity index (χ0) is 21.1. The van der Waals surface area contributed by atoms with Crippen LogP contribution in [0.15, 0.2) is 29.3 Å². The quantitative estimate of drug-likeness (QED) is 0.530. The minimum Gasteiger partial charge on any atom is -0.497 e. The Morgan fingerprint density at radius 3 is 2.67 bits per heavy atom. The summed E-state index contributed by atoms with van der Waals surface area (Å²) in [6, 6.07) is 9.20. The van der Waals surface area contributed by atoms with Crippen molar-refractivity contribution in [3.05, 3.63) is 29.8 Å². The minimum absolute atomic E-state index is 0.141. The lowest BCUT2D eigenvalue weighted by atomic mass is 9.57. The molecule has 1 aromatic carbocycles. The summed E-state index contributed by atoms with van der Waals surface area (Å²) in [6.07, 6.45) is 4.07. The van der Waals surface area contributed by atoms with E-state index in [0.717, 1.165) is 50.9 Å². The highest BCUT2D eigenvalue weighted by Gasteiger charge is 2.59. The highest BCUT2D eigenvalue weighted by molar-refractivity contribution is 5.80. The van der Waals surface area contributed by atoms with Crippen LogP contribution in [-0.4, -0.2) is 62.9 Å². The molecule has 0 bridgehead atoms. The van der Waals surface area contributed by atoms with E-state index < -0.39 is 0 Å². The van der Waals surface area contributed by atoms with Crippen LogP contribution in [0.1, 0.15) is 51.6 Å². The summed E-state index contributed by atoms with van der Waals surface area (Å²) in [5.41, 5.74) is 1.45. The molecule has 0 radical (unpaired) electrons. The first-order valence-electron chi connectivity index (χ1n) is 11.6. The normalized spacial score (nSPS) is 29.2. The van der Waals surface area contributed by atoms with E-state index >= 15 is 0 Å². The van der Waals surface area contributed by atoms with Gasteiger partial charge in [0.2, 0.25) is 0 Å². The smallest absolute Gasteiger partial charge is 0.191 e. The van der Waals surface area contributed by atoms with E-state index in [4.69, 9.17) is 14.5 Å². The number of benzene rings is 1. The molecule has 1 saturated carbocycles. The van der Waals surface area contributed by atoms with Crippen LogP contribution in [0.25, 0.3) is 0 Å². The van der Waals surface area contributed by atoms with E-state index in [1.807, 2.05) is 0 Å². The minimum atomic E-state index is 0.141. The van der Waals surface area contributed by atoms with Gasteiger partial charge in [0, 0.05) is 30.5 Å². The summed E-state index contributed by atoms with van der Waals surface area (Å²) in [7, 11) is 1.72. The molecule has 2 saturated heterocycles. The molecule has 2 heterocycles. The van der Waals surface area contributed by atoms with E-state index in [2.05, 4.69) is 60.6 Å². The van der Waals surface area contributed by atoms with Crippen LogP contribution in [0.3, 0.4) is 0 Å². The van der Waals surface area contributed by atoms with Crippen molar-refractivity contribution in [2.24, 2.45) is 16.3 Å². The van der Waals surface area contributed by atoms with Crippen molar-refractivity contribution in [1.82, 2.24) is 15.5 Å². The van der Waals surface area contributed by atoms with Gasteiger partial charge in [0.1, 0.15) is 5.75 Å². The van der Waals surface area contributed by atoms with E-state index in [0.29, 0.717) is 24.1 Å². The summed E-state index contributed by atoms with van der Waals surface area (Å²) in [6.45, 7) is 11.5. The second-order valence-electron chi connectivity index (χ2n) is 9.44. The Labute approximate surface area is 181 Å². The van der Waals surface area contributed by atoms with Gasteiger partial charge in [-0.1, -0.05) is 26.0 Å². The molecule has 4 atom stereocenters. The molecule has 0 amide bonds. The van der Waals surface area contributed by atoms with Crippen molar-refractivity contribution in [3.63, 3.8) is 0 Å². The first-order chi connectivity index (χ1) is 14.5. The molecule has 4 rings (SSSR count). The summed E-state index contributed by atoms with van der Waals surface area (Å²) in [5.74, 6) is 2.43. The molecule has 0 spiro atoms. The lowest BCUT2D eigenvalue weighted by molar-refractivity contribution is -0.106. The largest absolute Gasteiger partial charge is 0.497 e. The maximum atomic E-state index is 5.96. The average molecular weight is 415 g/mol. The second-order valence-corrected chi connectivity index (χ2v) is 9.44. The maximum Gasteiger partial charge on any atom is 0.191 e. The van der Waals surface area contributed by atoms with Crippen LogP contribution in [-0.2, 0) is 4.74 Å². The van der Waals surface area contributed by atoms with Gasteiger partial charge in [-0.2, -0.15) is 0 Å². The van der Waals surface area contributed by atoms with E-state index in [1.54, 1.807) is 7.11 Å². The lowest BCUT2D eigenvalue weighted by Gasteiger charge is -2.55. The van der Waals surface area contributed by atoms with Gasteiger partial charge in [0.25, 0.3) is 0 Å². The lowest BCUT2D eigenvalue weighted by Crippen LogP contribution is -2.68. The number of hydrogen-bond acceptors (Lipinski definition) is 4. The summed E-state index contributed by atoms with van der Waals surface area (Å²) in [5, 5.41) is 7.23.